The SMILES string of the molecule is CC(=O)N1CCN(Cc2ccc(Cl)cc2)CC1. The predicted molar refractivity (Wildman–Crippen MR) is 69.0 cm³/mol. The number of amides is 1. The van der Waals surface area contributed by atoms with E-state index in [0.717, 1.165) is 37.7 Å². The Hall–Kier alpha value is -1.06. The molecule has 0 unspecified atom stereocenters. The predicted octanol–water partition coefficient (Wildman–Crippen LogP) is 2.00. The van der Waals surface area contributed by atoms with Crippen molar-refractivity contribution in [2.45, 2.75) is 13.5 Å². The van der Waals surface area contributed by atoms with Crippen LogP contribution in [0.25, 0.3) is 0 Å². The molecule has 1 aliphatic rings. The number of nitrogens with zero attached hydrogens (tertiary/aromatic N) is 2. The van der Waals surface area contributed by atoms with Crippen molar-refractivity contribution < 1.29 is 4.79 Å². The molecule has 0 aromatic heterocycles. The summed E-state index contributed by atoms with van der Waals surface area (Å²) in [6, 6.07) is 7.95. The highest BCUT2D eigenvalue weighted by Crippen LogP contribution is 2.12. The fraction of sp³-hybridized carbons (Fsp3) is 0.462. The molecule has 1 fully saturated rings. The zero-order chi connectivity index (χ0) is 12.3. The summed E-state index contributed by atoms with van der Waals surface area (Å²) in [7, 11) is 0. The molecule has 1 amide bonds. The van der Waals surface area contributed by atoms with Crippen LogP contribution in [0, 0.1) is 0 Å². The molecule has 0 radical (unpaired) electrons. The summed E-state index contributed by atoms with van der Waals surface area (Å²) in [5, 5.41) is 0.773. The monoisotopic (exact) mass is 252 g/mol. The number of rotatable bonds is 2. The van der Waals surface area contributed by atoms with E-state index < -0.39 is 0 Å². The first-order chi connectivity index (χ1) is 8.15. The van der Waals surface area contributed by atoms with E-state index in [1.807, 2.05) is 17.0 Å². The molecule has 0 saturated carbocycles. The van der Waals surface area contributed by atoms with E-state index in [9.17, 15) is 4.79 Å². The Kier molecular flexibility index (Phi) is 4.02. The van der Waals surface area contributed by atoms with Crippen molar-refractivity contribution in [2.75, 3.05) is 26.2 Å². The van der Waals surface area contributed by atoms with Gasteiger partial charge in [0.25, 0.3) is 0 Å². The molecule has 1 saturated heterocycles. The van der Waals surface area contributed by atoms with Gasteiger partial charge in [-0.05, 0) is 17.7 Å². The number of piperazine rings is 1. The van der Waals surface area contributed by atoms with E-state index in [2.05, 4.69) is 17.0 Å². The standard InChI is InChI=1S/C13H17ClN2O/c1-11(17)16-8-6-15(7-9-16)10-12-2-4-13(14)5-3-12/h2-5H,6-10H2,1H3. The average Bonchev–Trinajstić information content (AvgIpc) is 2.33. The zero-order valence-corrected chi connectivity index (χ0v) is 10.8. The third-order valence-corrected chi connectivity index (χ3v) is 3.39. The molecule has 0 aliphatic carbocycles. The van der Waals surface area contributed by atoms with Gasteiger partial charge in [-0.1, -0.05) is 23.7 Å². The summed E-state index contributed by atoms with van der Waals surface area (Å²) in [4.78, 5) is 15.5. The van der Waals surface area contributed by atoms with E-state index in [0.29, 0.717) is 0 Å². The first-order valence-corrected chi connectivity index (χ1v) is 6.25. The van der Waals surface area contributed by atoms with Gasteiger partial charge in [0.1, 0.15) is 0 Å². The van der Waals surface area contributed by atoms with Crippen LogP contribution in [0.2, 0.25) is 5.02 Å². The molecule has 92 valence electrons. The number of halogens is 1. The van der Waals surface area contributed by atoms with Crippen LogP contribution >= 0.6 is 11.6 Å². The van der Waals surface area contributed by atoms with E-state index in [4.69, 9.17) is 11.6 Å². The van der Waals surface area contributed by atoms with Crippen LogP contribution in [-0.4, -0.2) is 41.9 Å². The quantitative estimate of drug-likeness (QED) is 0.804. The summed E-state index contributed by atoms with van der Waals surface area (Å²) >= 11 is 5.85. The smallest absolute Gasteiger partial charge is 0.219 e. The van der Waals surface area contributed by atoms with Gasteiger partial charge in [-0.3, -0.25) is 9.69 Å². The summed E-state index contributed by atoms with van der Waals surface area (Å²) in [5.74, 6) is 0.177. The maximum absolute atomic E-state index is 11.2. The molecule has 1 aromatic carbocycles. The Morgan fingerprint density at radius 3 is 2.29 bits per heavy atom. The van der Waals surface area contributed by atoms with E-state index >= 15 is 0 Å². The van der Waals surface area contributed by atoms with Crippen molar-refractivity contribution in [3.05, 3.63) is 34.9 Å². The van der Waals surface area contributed by atoms with Gasteiger partial charge < -0.3 is 4.90 Å². The number of hydrogen-bond acceptors (Lipinski definition) is 2. The molecule has 1 aliphatic heterocycles. The van der Waals surface area contributed by atoms with E-state index in [1.165, 1.54) is 5.56 Å². The minimum atomic E-state index is 0.177. The normalized spacial score (nSPS) is 17.2. The van der Waals surface area contributed by atoms with Gasteiger partial charge in [0, 0.05) is 44.7 Å². The van der Waals surface area contributed by atoms with Crippen LogP contribution in [0.4, 0.5) is 0 Å². The summed E-state index contributed by atoms with van der Waals surface area (Å²) < 4.78 is 0. The van der Waals surface area contributed by atoms with Gasteiger partial charge in [0.15, 0.2) is 0 Å². The number of benzene rings is 1. The van der Waals surface area contributed by atoms with Gasteiger partial charge in [0.2, 0.25) is 5.91 Å². The van der Waals surface area contributed by atoms with Gasteiger partial charge in [-0.25, -0.2) is 0 Å². The molecule has 2 rings (SSSR count). The Morgan fingerprint density at radius 2 is 1.76 bits per heavy atom. The van der Waals surface area contributed by atoms with Crippen LogP contribution in [0.15, 0.2) is 24.3 Å². The van der Waals surface area contributed by atoms with Gasteiger partial charge in [0.05, 0.1) is 0 Å². The highest BCUT2D eigenvalue weighted by Gasteiger charge is 2.18. The number of hydrogen-bond donors (Lipinski definition) is 0. The third-order valence-electron chi connectivity index (χ3n) is 3.14. The summed E-state index contributed by atoms with van der Waals surface area (Å²) in [6.07, 6.45) is 0. The fourth-order valence-corrected chi connectivity index (χ4v) is 2.19. The minimum absolute atomic E-state index is 0.177. The first kappa shape index (κ1) is 12.4. The molecule has 1 heterocycles. The summed E-state index contributed by atoms with van der Waals surface area (Å²) in [5.41, 5.74) is 1.27. The molecule has 0 atom stereocenters. The molecule has 0 bridgehead atoms. The summed E-state index contributed by atoms with van der Waals surface area (Å²) in [6.45, 7) is 6.13. The second-order valence-electron chi connectivity index (χ2n) is 4.41. The third kappa shape index (κ3) is 3.45. The lowest BCUT2D eigenvalue weighted by Gasteiger charge is -2.34. The van der Waals surface area contributed by atoms with Crippen LogP contribution in [0.1, 0.15) is 12.5 Å². The zero-order valence-electron chi connectivity index (χ0n) is 10.0. The van der Waals surface area contributed by atoms with Crippen molar-refractivity contribution >= 4 is 17.5 Å². The Morgan fingerprint density at radius 1 is 1.18 bits per heavy atom. The highest BCUT2D eigenvalue weighted by molar-refractivity contribution is 6.30. The van der Waals surface area contributed by atoms with E-state index in [-0.39, 0.29) is 5.91 Å². The number of carbonyl (C=O) groups is 1. The Labute approximate surface area is 107 Å². The Bertz CT molecular complexity index is 383. The topological polar surface area (TPSA) is 23.6 Å². The molecular formula is C13H17ClN2O. The van der Waals surface area contributed by atoms with Crippen molar-refractivity contribution in [2.24, 2.45) is 0 Å². The maximum atomic E-state index is 11.2. The van der Waals surface area contributed by atoms with Crippen LogP contribution in [0.3, 0.4) is 0 Å². The molecule has 0 spiro atoms. The number of carbonyl (C=O) groups excluding carboxylic acids is 1. The first-order valence-electron chi connectivity index (χ1n) is 5.87. The Balaban J connectivity index is 1.85. The van der Waals surface area contributed by atoms with Crippen LogP contribution in [0.5, 0.6) is 0 Å². The van der Waals surface area contributed by atoms with Crippen molar-refractivity contribution in [3.8, 4) is 0 Å². The lowest BCUT2D eigenvalue weighted by atomic mass is 10.2. The average molecular weight is 253 g/mol. The second kappa shape index (κ2) is 5.52. The van der Waals surface area contributed by atoms with E-state index in [1.54, 1.807) is 6.92 Å². The van der Waals surface area contributed by atoms with Crippen molar-refractivity contribution in [1.82, 2.24) is 9.80 Å². The van der Waals surface area contributed by atoms with Crippen LogP contribution < -0.4 is 0 Å². The molecule has 17 heavy (non-hydrogen) atoms. The maximum Gasteiger partial charge on any atom is 0.219 e. The molecule has 0 N–H and O–H groups in total. The lowest BCUT2D eigenvalue weighted by molar-refractivity contribution is -0.130. The second-order valence-corrected chi connectivity index (χ2v) is 4.85. The van der Waals surface area contributed by atoms with Crippen LogP contribution in [-0.2, 0) is 11.3 Å². The molecular weight excluding hydrogens is 236 g/mol. The largest absolute Gasteiger partial charge is 0.340 e. The van der Waals surface area contributed by atoms with Gasteiger partial charge >= 0.3 is 0 Å². The van der Waals surface area contributed by atoms with Crippen molar-refractivity contribution in [1.29, 1.82) is 0 Å². The molecule has 3 nitrogen and oxygen atoms in total. The fourth-order valence-electron chi connectivity index (χ4n) is 2.07. The highest BCUT2D eigenvalue weighted by atomic mass is 35.5. The van der Waals surface area contributed by atoms with Gasteiger partial charge in [-0.15, -0.1) is 0 Å². The lowest BCUT2D eigenvalue weighted by Crippen LogP contribution is -2.47. The van der Waals surface area contributed by atoms with Gasteiger partial charge in [-0.2, -0.15) is 0 Å². The molecule has 1 aromatic rings. The van der Waals surface area contributed by atoms with Crippen molar-refractivity contribution in [3.63, 3.8) is 0 Å². The molecule has 4 heteroatoms. The minimum Gasteiger partial charge on any atom is -0.340 e.